The number of anilines is 6. The van der Waals surface area contributed by atoms with E-state index in [4.69, 9.17) is 0 Å². The minimum Gasteiger partial charge on any atom is -0.309 e. The van der Waals surface area contributed by atoms with E-state index >= 15 is 0 Å². The summed E-state index contributed by atoms with van der Waals surface area (Å²) < 4.78 is 0. The van der Waals surface area contributed by atoms with Crippen molar-refractivity contribution in [1.29, 1.82) is 0 Å². The molecule has 0 atom stereocenters. The first-order valence-corrected chi connectivity index (χ1v) is 22.3. The molecule has 290 valence electrons. The summed E-state index contributed by atoms with van der Waals surface area (Å²) in [4.78, 5) is 7.68. The fourth-order valence-corrected chi connectivity index (χ4v) is 12.5. The number of hydrogen-bond donors (Lipinski definition) is 0. The first kappa shape index (κ1) is 35.0. The third kappa shape index (κ3) is 4.59. The Morgan fingerprint density at radius 2 is 0.770 bits per heavy atom. The molecule has 2 aliphatic heterocycles. The summed E-state index contributed by atoms with van der Waals surface area (Å²) in [5.74, 6) is 0. The van der Waals surface area contributed by atoms with Crippen molar-refractivity contribution in [1.82, 2.24) is 0 Å². The van der Waals surface area contributed by atoms with Crippen LogP contribution in [0.5, 0.6) is 0 Å². The third-order valence-electron chi connectivity index (χ3n) is 14.1. The van der Waals surface area contributed by atoms with Crippen molar-refractivity contribution in [2.75, 3.05) is 9.80 Å². The van der Waals surface area contributed by atoms with Crippen LogP contribution < -0.4 is 9.80 Å². The van der Waals surface area contributed by atoms with Crippen molar-refractivity contribution >= 4 is 89.0 Å². The van der Waals surface area contributed by atoms with E-state index in [1.807, 2.05) is 11.8 Å². The average Bonchev–Trinajstić information content (AvgIpc) is 3.53. The van der Waals surface area contributed by atoms with Crippen molar-refractivity contribution in [3.8, 4) is 11.1 Å². The largest absolute Gasteiger partial charge is 0.309 e. The van der Waals surface area contributed by atoms with Crippen LogP contribution in [0.3, 0.4) is 0 Å². The number of benzene rings is 10. The zero-order chi connectivity index (χ0) is 40.8. The minimum atomic E-state index is -0.262. The second-order valence-corrected chi connectivity index (χ2v) is 19.1. The molecule has 0 bridgehead atoms. The lowest BCUT2D eigenvalue weighted by atomic mass is 9.71. The van der Waals surface area contributed by atoms with Crippen molar-refractivity contribution in [2.24, 2.45) is 0 Å². The van der Waals surface area contributed by atoms with E-state index < -0.39 is 0 Å². The average molecular weight is 799 g/mol. The van der Waals surface area contributed by atoms with Gasteiger partial charge in [0.25, 0.3) is 0 Å². The molecule has 0 saturated heterocycles. The Morgan fingerprint density at radius 1 is 0.344 bits per heavy atom. The SMILES string of the molecule is CC1(C)c2ccccc2N(c2c3ccccc3c(N3c4ccccc4Sc4ccccc43)c3ccccc23)c2cc3c(cc21)-c1c(c2ccccc2c2ccccc12)C3(C)C. The van der Waals surface area contributed by atoms with Gasteiger partial charge in [0.2, 0.25) is 0 Å². The van der Waals surface area contributed by atoms with Crippen LogP contribution in [-0.2, 0) is 10.8 Å². The van der Waals surface area contributed by atoms with Crippen LogP contribution >= 0.6 is 11.8 Å². The molecule has 10 aromatic rings. The highest BCUT2D eigenvalue weighted by Gasteiger charge is 2.44. The van der Waals surface area contributed by atoms with Gasteiger partial charge in [-0.15, -0.1) is 0 Å². The molecule has 0 unspecified atom stereocenters. The van der Waals surface area contributed by atoms with Crippen molar-refractivity contribution in [3.05, 3.63) is 204 Å². The predicted molar refractivity (Wildman–Crippen MR) is 260 cm³/mol. The lowest BCUT2D eigenvalue weighted by Crippen LogP contribution is -2.31. The molecule has 0 N–H and O–H groups in total. The smallest absolute Gasteiger partial charge is 0.0620 e. The molecule has 0 aromatic heterocycles. The van der Waals surface area contributed by atoms with E-state index in [-0.39, 0.29) is 10.8 Å². The number of nitrogens with zero attached hydrogens (tertiary/aromatic N) is 2. The van der Waals surface area contributed by atoms with Crippen molar-refractivity contribution in [3.63, 3.8) is 0 Å². The van der Waals surface area contributed by atoms with E-state index in [0.717, 1.165) is 0 Å². The summed E-state index contributed by atoms with van der Waals surface area (Å²) >= 11 is 1.86. The summed E-state index contributed by atoms with van der Waals surface area (Å²) in [7, 11) is 0. The second-order valence-electron chi connectivity index (χ2n) is 18.0. The lowest BCUT2D eigenvalue weighted by Gasteiger charge is -2.44. The van der Waals surface area contributed by atoms with E-state index in [1.54, 1.807) is 0 Å². The van der Waals surface area contributed by atoms with Gasteiger partial charge in [0.15, 0.2) is 0 Å². The lowest BCUT2D eigenvalue weighted by molar-refractivity contribution is 0.628. The van der Waals surface area contributed by atoms with Crippen LogP contribution in [0.1, 0.15) is 49.9 Å². The Bertz CT molecular complexity index is 3440. The molecular weight excluding hydrogens is 757 g/mol. The molecular formula is C58H42N2S. The van der Waals surface area contributed by atoms with E-state index in [2.05, 4.69) is 219 Å². The maximum Gasteiger partial charge on any atom is 0.0620 e. The monoisotopic (exact) mass is 798 g/mol. The molecule has 2 heterocycles. The standard InChI is InChI=1S/C58H42N2S/c1-57(2)44-27-13-14-28-47(44)59(50-34-45-43(33-46(50)57)53-37-21-7-5-19-35(37)36-20-6-8-22-38(36)54(53)58(45,3)4)55-39-23-9-11-25-41(39)56(42-26-12-10-24-40(42)55)60-48-29-15-17-31-51(48)61-52-32-18-16-30-49(52)60/h5-34H,1-4H3. The highest BCUT2D eigenvalue weighted by Crippen LogP contribution is 2.62. The zero-order valence-corrected chi connectivity index (χ0v) is 35.4. The maximum atomic E-state index is 2.63. The van der Waals surface area contributed by atoms with Gasteiger partial charge < -0.3 is 9.80 Å². The first-order chi connectivity index (χ1) is 29.8. The van der Waals surface area contributed by atoms with Gasteiger partial charge in [0.05, 0.1) is 34.1 Å². The van der Waals surface area contributed by atoms with Gasteiger partial charge >= 0.3 is 0 Å². The summed E-state index contributed by atoms with van der Waals surface area (Å²) in [6.07, 6.45) is 0. The Morgan fingerprint density at radius 3 is 1.34 bits per heavy atom. The molecule has 1 aliphatic carbocycles. The molecule has 10 aromatic carbocycles. The number of fused-ring (bicyclic) bond motifs is 14. The highest BCUT2D eigenvalue weighted by atomic mass is 32.2. The molecule has 0 radical (unpaired) electrons. The fraction of sp³-hybridized carbons (Fsp3) is 0.103. The van der Waals surface area contributed by atoms with E-state index in [9.17, 15) is 0 Å². The molecule has 0 saturated carbocycles. The van der Waals surface area contributed by atoms with Crippen LogP contribution in [0.2, 0.25) is 0 Å². The quantitative estimate of drug-likeness (QED) is 0.127. The Balaban J connectivity index is 1.14. The number of para-hydroxylation sites is 3. The van der Waals surface area contributed by atoms with E-state index in [0.29, 0.717) is 0 Å². The molecule has 3 heteroatoms. The zero-order valence-electron chi connectivity index (χ0n) is 34.6. The third-order valence-corrected chi connectivity index (χ3v) is 15.3. The molecule has 0 spiro atoms. The highest BCUT2D eigenvalue weighted by molar-refractivity contribution is 7.99. The molecule has 13 rings (SSSR count). The molecule has 0 fully saturated rings. The summed E-state index contributed by atoms with van der Waals surface area (Å²) in [6, 6.07) is 68.4. The first-order valence-electron chi connectivity index (χ1n) is 21.4. The summed E-state index contributed by atoms with van der Waals surface area (Å²) in [6.45, 7) is 9.75. The second kappa shape index (κ2) is 12.4. The van der Waals surface area contributed by atoms with Gasteiger partial charge in [-0.05, 0) is 97.4 Å². The molecule has 0 amide bonds. The Labute approximate surface area is 360 Å². The molecule has 3 aliphatic rings. The van der Waals surface area contributed by atoms with Crippen LogP contribution in [0.25, 0.3) is 54.2 Å². The van der Waals surface area contributed by atoms with Gasteiger partial charge in [0.1, 0.15) is 0 Å². The van der Waals surface area contributed by atoms with Crippen LogP contribution in [0.15, 0.2) is 192 Å². The van der Waals surface area contributed by atoms with Gasteiger partial charge in [-0.2, -0.15) is 0 Å². The van der Waals surface area contributed by atoms with E-state index in [1.165, 1.54) is 120 Å². The van der Waals surface area contributed by atoms with Gasteiger partial charge in [-0.3, -0.25) is 0 Å². The predicted octanol–water partition coefficient (Wildman–Crippen LogP) is 16.6. The van der Waals surface area contributed by atoms with Crippen LogP contribution in [0, 0.1) is 0 Å². The van der Waals surface area contributed by atoms with Crippen molar-refractivity contribution < 1.29 is 0 Å². The van der Waals surface area contributed by atoms with Crippen LogP contribution in [0.4, 0.5) is 34.1 Å². The maximum absolute atomic E-state index is 2.63. The van der Waals surface area contributed by atoms with Gasteiger partial charge in [-0.25, -0.2) is 0 Å². The topological polar surface area (TPSA) is 6.48 Å². The number of rotatable bonds is 2. The fourth-order valence-electron chi connectivity index (χ4n) is 11.4. The Kier molecular flexibility index (Phi) is 7.10. The van der Waals surface area contributed by atoms with Gasteiger partial charge in [-0.1, -0.05) is 179 Å². The number of hydrogen-bond acceptors (Lipinski definition) is 3. The minimum absolute atomic E-state index is 0.239. The molecule has 61 heavy (non-hydrogen) atoms. The van der Waals surface area contributed by atoms with Crippen LogP contribution in [-0.4, -0.2) is 0 Å². The molecule has 2 nitrogen and oxygen atoms in total. The van der Waals surface area contributed by atoms with Crippen molar-refractivity contribution in [2.45, 2.75) is 48.3 Å². The van der Waals surface area contributed by atoms with Gasteiger partial charge in [0, 0.05) is 42.2 Å². The Hall–Kier alpha value is -6.81. The summed E-state index contributed by atoms with van der Waals surface area (Å²) in [5.41, 5.74) is 15.1. The normalized spacial score (nSPS) is 15.3. The summed E-state index contributed by atoms with van der Waals surface area (Å²) in [5, 5.41) is 10.2.